The fraction of sp³-hybridized carbons (Fsp3) is 0.211. The molecule has 0 spiro atoms. The molecule has 1 N–H and O–H groups in total. The number of nitrogens with zero attached hydrogens (tertiary/aromatic N) is 3. The molecule has 1 aliphatic heterocycles. The van der Waals surface area contributed by atoms with E-state index in [4.69, 9.17) is 9.26 Å². The summed E-state index contributed by atoms with van der Waals surface area (Å²) >= 11 is 0. The van der Waals surface area contributed by atoms with Gasteiger partial charge in [0.05, 0.1) is 17.1 Å². The lowest BCUT2D eigenvalue weighted by molar-refractivity contribution is -0.121. The van der Waals surface area contributed by atoms with Crippen molar-refractivity contribution < 1.29 is 22.5 Å². The van der Waals surface area contributed by atoms with Gasteiger partial charge in [-0.25, -0.2) is 8.42 Å². The number of nitrogens with one attached hydrogen (secondary N) is 1. The van der Waals surface area contributed by atoms with Gasteiger partial charge in [0.1, 0.15) is 5.75 Å². The summed E-state index contributed by atoms with van der Waals surface area (Å²) < 4.78 is 38.7. The van der Waals surface area contributed by atoms with Crippen molar-refractivity contribution in [2.75, 3.05) is 16.2 Å². The monoisotopic (exact) mass is 414 g/mol. The Kier molecular flexibility index (Phi) is 4.71. The van der Waals surface area contributed by atoms with Gasteiger partial charge in [0.2, 0.25) is 5.89 Å². The van der Waals surface area contributed by atoms with Crippen molar-refractivity contribution in [3.63, 3.8) is 0 Å². The molecule has 9 nitrogen and oxygen atoms in total. The molecule has 150 valence electrons. The molecule has 0 fully saturated rings. The Balaban J connectivity index is 1.69. The lowest BCUT2D eigenvalue weighted by Gasteiger charge is -2.29. The first-order chi connectivity index (χ1) is 13.8. The van der Waals surface area contributed by atoms with Crippen molar-refractivity contribution in [3.8, 4) is 5.75 Å². The number of para-hydroxylation sites is 1. The number of hydrogen-bond acceptors (Lipinski definition) is 7. The van der Waals surface area contributed by atoms with Gasteiger partial charge >= 0.3 is 0 Å². The molecule has 29 heavy (non-hydrogen) atoms. The fourth-order valence-corrected chi connectivity index (χ4v) is 4.36. The zero-order valence-electron chi connectivity index (χ0n) is 15.7. The molecular weight excluding hydrogens is 396 g/mol. The second kappa shape index (κ2) is 7.21. The Morgan fingerprint density at radius 3 is 2.62 bits per heavy atom. The highest BCUT2D eigenvalue weighted by atomic mass is 32.2. The molecule has 0 aliphatic carbocycles. The number of rotatable bonds is 5. The standard InChI is InChI=1S/C19H18N4O5S/c1-12-8-15-16(9-17(12)29(25,26)22-14-6-4-3-5-7-14)27-11-19(24)23(15)10-18-20-13(2)28-21-18/h3-9,22H,10-11H2,1-2H3. The summed E-state index contributed by atoms with van der Waals surface area (Å²) in [5.74, 6) is 0.760. The fourth-order valence-electron chi connectivity index (χ4n) is 3.06. The van der Waals surface area contributed by atoms with Crippen molar-refractivity contribution in [3.05, 3.63) is 59.7 Å². The van der Waals surface area contributed by atoms with Gasteiger partial charge in [-0.2, -0.15) is 4.98 Å². The van der Waals surface area contributed by atoms with Crippen molar-refractivity contribution >= 4 is 27.3 Å². The van der Waals surface area contributed by atoms with Crippen LogP contribution in [0, 0.1) is 13.8 Å². The summed E-state index contributed by atoms with van der Waals surface area (Å²) in [5, 5.41) is 3.82. The van der Waals surface area contributed by atoms with Gasteiger partial charge in [0, 0.05) is 18.7 Å². The summed E-state index contributed by atoms with van der Waals surface area (Å²) in [6.07, 6.45) is 0. The molecule has 3 aromatic rings. The topological polar surface area (TPSA) is 115 Å². The molecule has 4 rings (SSSR count). The van der Waals surface area contributed by atoms with Crippen LogP contribution < -0.4 is 14.4 Å². The highest BCUT2D eigenvalue weighted by Crippen LogP contribution is 2.37. The van der Waals surface area contributed by atoms with E-state index in [0.717, 1.165) is 0 Å². The van der Waals surface area contributed by atoms with Crippen LogP contribution in [-0.4, -0.2) is 31.1 Å². The normalized spacial score (nSPS) is 13.7. The van der Waals surface area contributed by atoms with E-state index in [-0.39, 0.29) is 24.0 Å². The van der Waals surface area contributed by atoms with Crippen LogP contribution in [0.25, 0.3) is 0 Å². The summed E-state index contributed by atoms with van der Waals surface area (Å²) in [4.78, 5) is 18.0. The van der Waals surface area contributed by atoms with Crippen LogP contribution in [0.15, 0.2) is 51.9 Å². The number of aryl methyl sites for hydroxylation is 2. The minimum atomic E-state index is -3.84. The maximum atomic E-state index is 12.9. The van der Waals surface area contributed by atoms with E-state index in [1.807, 2.05) is 0 Å². The number of amides is 1. The average Bonchev–Trinajstić information content (AvgIpc) is 3.09. The van der Waals surface area contributed by atoms with E-state index >= 15 is 0 Å². The minimum Gasteiger partial charge on any atom is -0.482 e. The summed E-state index contributed by atoms with van der Waals surface area (Å²) in [6, 6.07) is 11.6. The molecule has 2 aromatic carbocycles. The molecule has 0 saturated carbocycles. The number of aromatic nitrogens is 2. The maximum Gasteiger partial charge on any atom is 0.265 e. The number of fused-ring (bicyclic) bond motifs is 1. The zero-order chi connectivity index (χ0) is 20.6. The van der Waals surface area contributed by atoms with Crippen LogP contribution >= 0.6 is 0 Å². The molecule has 2 heterocycles. The minimum absolute atomic E-state index is 0.0739. The second-order valence-corrected chi connectivity index (χ2v) is 8.21. The van der Waals surface area contributed by atoms with Gasteiger partial charge in [0.25, 0.3) is 15.9 Å². The third kappa shape index (κ3) is 3.79. The number of carbonyl (C=O) groups excluding carboxylic acids is 1. The van der Waals surface area contributed by atoms with Crippen LogP contribution in [0.3, 0.4) is 0 Å². The first kappa shape index (κ1) is 18.9. The quantitative estimate of drug-likeness (QED) is 0.682. The van der Waals surface area contributed by atoms with Crippen LogP contribution in [0.2, 0.25) is 0 Å². The van der Waals surface area contributed by atoms with Crippen LogP contribution in [0.1, 0.15) is 17.3 Å². The molecule has 0 unspecified atom stereocenters. The van der Waals surface area contributed by atoms with Gasteiger partial charge in [-0.3, -0.25) is 14.4 Å². The van der Waals surface area contributed by atoms with E-state index in [9.17, 15) is 13.2 Å². The van der Waals surface area contributed by atoms with E-state index in [2.05, 4.69) is 14.9 Å². The van der Waals surface area contributed by atoms with E-state index in [1.54, 1.807) is 50.2 Å². The molecule has 0 atom stereocenters. The second-order valence-electron chi connectivity index (χ2n) is 6.56. The summed E-state index contributed by atoms with van der Waals surface area (Å²) in [6.45, 7) is 3.21. The molecule has 0 saturated heterocycles. The number of ether oxygens (including phenoxy) is 1. The third-order valence-corrected chi connectivity index (χ3v) is 5.91. The zero-order valence-corrected chi connectivity index (χ0v) is 16.6. The molecule has 1 amide bonds. The van der Waals surface area contributed by atoms with E-state index in [0.29, 0.717) is 34.4 Å². The predicted octanol–water partition coefficient (Wildman–Crippen LogP) is 2.41. The highest BCUT2D eigenvalue weighted by Gasteiger charge is 2.30. The SMILES string of the molecule is Cc1nc(CN2C(=O)COc3cc(S(=O)(=O)Nc4ccccc4)c(C)cc32)no1. The molecule has 10 heteroatoms. The smallest absolute Gasteiger partial charge is 0.265 e. The van der Waals surface area contributed by atoms with Gasteiger partial charge in [0.15, 0.2) is 12.4 Å². The predicted molar refractivity (Wildman–Crippen MR) is 104 cm³/mol. The number of hydrogen-bond donors (Lipinski definition) is 1. The maximum absolute atomic E-state index is 12.9. The van der Waals surface area contributed by atoms with E-state index < -0.39 is 10.0 Å². The molecule has 0 bridgehead atoms. The Labute approximate surface area is 167 Å². The van der Waals surface area contributed by atoms with Crippen LogP contribution in [-0.2, 0) is 21.4 Å². The number of sulfonamides is 1. The van der Waals surface area contributed by atoms with Gasteiger partial charge in [-0.1, -0.05) is 23.4 Å². The highest BCUT2D eigenvalue weighted by molar-refractivity contribution is 7.92. The van der Waals surface area contributed by atoms with Crippen molar-refractivity contribution in [2.24, 2.45) is 0 Å². The first-order valence-electron chi connectivity index (χ1n) is 8.78. The number of anilines is 2. The van der Waals surface area contributed by atoms with Gasteiger partial charge < -0.3 is 9.26 Å². The van der Waals surface area contributed by atoms with Gasteiger partial charge in [-0.15, -0.1) is 0 Å². The molecule has 1 aliphatic rings. The molecule has 0 radical (unpaired) electrons. The number of carbonyl (C=O) groups is 1. The molecular formula is C19H18N4O5S. The van der Waals surface area contributed by atoms with Crippen molar-refractivity contribution in [1.29, 1.82) is 0 Å². The Morgan fingerprint density at radius 1 is 1.17 bits per heavy atom. The van der Waals surface area contributed by atoms with Gasteiger partial charge in [-0.05, 0) is 30.7 Å². The summed E-state index contributed by atoms with van der Waals surface area (Å²) in [7, 11) is -3.84. The lowest BCUT2D eigenvalue weighted by Crippen LogP contribution is -2.38. The number of benzene rings is 2. The third-order valence-electron chi connectivity index (χ3n) is 4.38. The lowest BCUT2D eigenvalue weighted by atomic mass is 10.1. The Morgan fingerprint density at radius 2 is 1.93 bits per heavy atom. The summed E-state index contributed by atoms with van der Waals surface area (Å²) in [5.41, 5.74) is 1.38. The van der Waals surface area contributed by atoms with Crippen molar-refractivity contribution in [2.45, 2.75) is 25.3 Å². The Bertz CT molecular complexity index is 1170. The first-order valence-corrected chi connectivity index (χ1v) is 10.3. The van der Waals surface area contributed by atoms with Crippen molar-refractivity contribution in [1.82, 2.24) is 10.1 Å². The molecule has 1 aromatic heterocycles. The van der Waals surface area contributed by atoms with E-state index in [1.165, 1.54) is 11.0 Å². The Hall–Kier alpha value is -3.40. The van der Waals surface area contributed by atoms with Crippen LogP contribution in [0.5, 0.6) is 5.75 Å². The van der Waals surface area contributed by atoms with Crippen LogP contribution in [0.4, 0.5) is 11.4 Å². The largest absolute Gasteiger partial charge is 0.482 e. The average molecular weight is 414 g/mol.